The molecule has 1 saturated heterocycles. The minimum Gasteiger partial charge on any atom is -0.385 e. The van der Waals surface area contributed by atoms with Gasteiger partial charge in [0.05, 0.1) is 5.56 Å². The second kappa shape index (κ2) is 5.82. The Bertz CT molecular complexity index is 425. The molecule has 2 nitrogen and oxygen atoms in total. The minimum absolute atomic E-state index is 0.475. The normalized spacial score (nSPS) is 17.5. The van der Waals surface area contributed by atoms with Gasteiger partial charge in [-0.25, -0.2) is 0 Å². The van der Waals surface area contributed by atoms with Gasteiger partial charge in [0.1, 0.15) is 0 Å². The number of ether oxygens (including phenoxy) is 1. The maximum Gasteiger partial charge on any atom is 0.416 e. The third kappa shape index (κ3) is 3.86. The Kier molecular flexibility index (Phi) is 4.34. The van der Waals surface area contributed by atoms with E-state index in [9.17, 15) is 13.2 Å². The lowest BCUT2D eigenvalue weighted by Crippen LogP contribution is -2.23. The van der Waals surface area contributed by atoms with Crippen molar-refractivity contribution in [2.45, 2.75) is 25.9 Å². The van der Waals surface area contributed by atoms with Crippen LogP contribution in [0.2, 0.25) is 0 Å². The highest BCUT2D eigenvalue weighted by Crippen LogP contribution is 2.32. The van der Waals surface area contributed by atoms with Crippen molar-refractivity contribution in [3.05, 3.63) is 29.3 Å². The van der Waals surface area contributed by atoms with Crippen LogP contribution in [0.5, 0.6) is 0 Å². The first-order chi connectivity index (χ1) is 8.97. The molecule has 0 spiro atoms. The third-order valence-corrected chi connectivity index (χ3v) is 3.49. The molecule has 0 aromatic heterocycles. The first-order valence-electron chi connectivity index (χ1n) is 6.46. The summed E-state index contributed by atoms with van der Waals surface area (Å²) in [5, 5.41) is 3.14. The Hall–Kier alpha value is -1.23. The molecule has 1 aromatic rings. The van der Waals surface area contributed by atoms with Crippen molar-refractivity contribution in [2.24, 2.45) is 5.92 Å². The van der Waals surface area contributed by atoms with Crippen molar-refractivity contribution >= 4 is 5.69 Å². The van der Waals surface area contributed by atoms with Crippen molar-refractivity contribution in [3.63, 3.8) is 0 Å². The molecule has 1 aliphatic rings. The molecule has 1 N–H and O–H groups in total. The molecule has 1 aliphatic heterocycles. The third-order valence-electron chi connectivity index (χ3n) is 3.49. The summed E-state index contributed by atoms with van der Waals surface area (Å²) in [5.74, 6) is 0.475. The van der Waals surface area contributed by atoms with Crippen LogP contribution >= 0.6 is 0 Å². The van der Waals surface area contributed by atoms with Gasteiger partial charge in [-0.15, -0.1) is 0 Å². The van der Waals surface area contributed by atoms with E-state index in [2.05, 4.69) is 5.32 Å². The highest BCUT2D eigenvalue weighted by Gasteiger charge is 2.30. The molecule has 0 aliphatic carbocycles. The smallest absolute Gasteiger partial charge is 0.385 e. The molecule has 0 amide bonds. The van der Waals surface area contributed by atoms with Gasteiger partial charge in [0.15, 0.2) is 0 Å². The van der Waals surface area contributed by atoms with Crippen LogP contribution < -0.4 is 5.32 Å². The summed E-state index contributed by atoms with van der Waals surface area (Å²) in [4.78, 5) is 0. The van der Waals surface area contributed by atoms with Gasteiger partial charge in [-0.1, -0.05) is 6.07 Å². The Morgan fingerprint density at radius 1 is 1.26 bits per heavy atom. The first kappa shape index (κ1) is 14.2. The van der Waals surface area contributed by atoms with E-state index in [1.165, 1.54) is 12.1 Å². The average Bonchev–Trinajstić information content (AvgIpc) is 2.37. The van der Waals surface area contributed by atoms with E-state index in [0.29, 0.717) is 18.2 Å². The lowest BCUT2D eigenvalue weighted by Gasteiger charge is -2.23. The number of anilines is 1. The number of halogens is 3. The van der Waals surface area contributed by atoms with Crippen LogP contribution in [0, 0.1) is 12.8 Å². The molecule has 19 heavy (non-hydrogen) atoms. The summed E-state index contributed by atoms with van der Waals surface area (Å²) >= 11 is 0. The van der Waals surface area contributed by atoms with E-state index < -0.39 is 11.7 Å². The molecule has 5 heteroatoms. The van der Waals surface area contributed by atoms with Crippen molar-refractivity contribution in [2.75, 3.05) is 25.1 Å². The lowest BCUT2D eigenvalue weighted by molar-refractivity contribution is -0.137. The van der Waals surface area contributed by atoms with Gasteiger partial charge in [-0.2, -0.15) is 13.2 Å². The predicted octanol–water partition coefficient (Wildman–Crippen LogP) is 3.85. The zero-order chi connectivity index (χ0) is 13.9. The second-order valence-electron chi connectivity index (χ2n) is 4.96. The number of nitrogens with one attached hydrogen (secondary N) is 1. The van der Waals surface area contributed by atoms with Crippen molar-refractivity contribution in [3.8, 4) is 0 Å². The maximum atomic E-state index is 12.7. The molecule has 1 heterocycles. The summed E-state index contributed by atoms with van der Waals surface area (Å²) in [6, 6.07) is 3.82. The van der Waals surface area contributed by atoms with Crippen LogP contribution in [0.15, 0.2) is 18.2 Å². The molecular formula is C14H18F3NO. The lowest BCUT2D eigenvalue weighted by atomic mass is 10.00. The van der Waals surface area contributed by atoms with Crippen LogP contribution in [0.25, 0.3) is 0 Å². The maximum absolute atomic E-state index is 12.7. The fourth-order valence-corrected chi connectivity index (χ4v) is 2.19. The molecular weight excluding hydrogens is 255 g/mol. The quantitative estimate of drug-likeness (QED) is 0.903. The Morgan fingerprint density at radius 3 is 2.58 bits per heavy atom. The minimum atomic E-state index is -4.29. The van der Waals surface area contributed by atoms with E-state index in [4.69, 9.17) is 4.74 Å². The fraction of sp³-hybridized carbons (Fsp3) is 0.571. The van der Waals surface area contributed by atoms with Gasteiger partial charge in [0, 0.05) is 25.4 Å². The summed E-state index contributed by atoms with van der Waals surface area (Å²) < 4.78 is 43.2. The topological polar surface area (TPSA) is 21.3 Å². The molecule has 0 unspecified atom stereocenters. The molecule has 1 fully saturated rings. The highest BCUT2D eigenvalue weighted by atomic mass is 19.4. The Balaban J connectivity index is 2.02. The SMILES string of the molecule is Cc1ccc(C(F)(F)F)cc1NCC1CCOCC1. The largest absolute Gasteiger partial charge is 0.416 e. The molecule has 0 atom stereocenters. The number of hydrogen-bond donors (Lipinski definition) is 1. The van der Waals surface area contributed by atoms with Gasteiger partial charge in [0.2, 0.25) is 0 Å². The van der Waals surface area contributed by atoms with Gasteiger partial charge in [0.25, 0.3) is 0 Å². The first-order valence-corrected chi connectivity index (χ1v) is 6.46. The van der Waals surface area contributed by atoms with Crippen LogP contribution in [-0.4, -0.2) is 19.8 Å². The zero-order valence-corrected chi connectivity index (χ0v) is 10.9. The fourth-order valence-electron chi connectivity index (χ4n) is 2.19. The average molecular weight is 273 g/mol. The zero-order valence-electron chi connectivity index (χ0n) is 10.9. The summed E-state index contributed by atoms with van der Waals surface area (Å²) in [6.45, 7) is 4.00. The van der Waals surface area contributed by atoms with E-state index >= 15 is 0 Å². The standard InChI is InChI=1S/C14H18F3NO/c1-10-2-3-12(14(15,16)17)8-13(10)18-9-11-4-6-19-7-5-11/h2-3,8,11,18H,4-7,9H2,1H3. The number of aryl methyl sites for hydroxylation is 1. The Labute approximate surface area is 111 Å². The van der Waals surface area contributed by atoms with Crippen molar-refractivity contribution in [1.29, 1.82) is 0 Å². The number of rotatable bonds is 3. The van der Waals surface area contributed by atoms with E-state index in [1.807, 2.05) is 6.92 Å². The Morgan fingerprint density at radius 2 is 1.95 bits per heavy atom. The monoisotopic (exact) mass is 273 g/mol. The highest BCUT2D eigenvalue weighted by molar-refractivity contribution is 5.53. The number of alkyl halides is 3. The van der Waals surface area contributed by atoms with Gasteiger partial charge < -0.3 is 10.1 Å². The molecule has 0 radical (unpaired) electrons. The molecule has 106 valence electrons. The molecule has 0 saturated carbocycles. The summed E-state index contributed by atoms with van der Waals surface area (Å²) in [5.41, 5.74) is 0.800. The van der Waals surface area contributed by atoms with E-state index in [0.717, 1.165) is 37.7 Å². The van der Waals surface area contributed by atoms with Crippen molar-refractivity contribution in [1.82, 2.24) is 0 Å². The van der Waals surface area contributed by atoms with Crippen LogP contribution in [-0.2, 0) is 10.9 Å². The molecule has 1 aromatic carbocycles. The summed E-state index contributed by atoms with van der Waals surface area (Å²) in [7, 11) is 0. The molecule has 2 rings (SSSR count). The predicted molar refractivity (Wildman–Crippen MR) is 68.2 cm³/mol. The number of benzene rings is 1. The van der Waals surface area contributed by atoms with Crippen LogP contribution in [0.3, 0.4) is 0 Å². The van der Waals surface area contributed by atoms with Gasteiger partial charge >= 0.3 is 6.18 Å². The second-order valence-corrected chi connectivity index (χ2v) is 4.96. The molecule has 0 bridgehead atoms. The van der Waals surface area contributed by atoms with Crippen LogP contribution in [0.4, 0.5) is 18.9 Å². The van der Waals surface area contributed by atoms with Crippen molar-refractivity contribution < 1.29 is 17.9 Å². The van der Waals surface area contributed by atoms with E-state index in [1.54, 1.807) is 0 Å². The number of hydrogen-bond acceptors (Lipinski definition) is 2. The van der Waals surface area contributed by atoms with Crippen LogP contribution in [0.1, 0.15) is 24.0 Å². The summed E-state index contributed by atoms with van der Waals surface area (Å²) in [6.07, 6.45) is -2.36. The van der Waals surface area contributed by atoms with Gasteiger partial charge in [-0.05, 0) is 43.4 Å². The van der Waals surface area contributed by atoms with E-state index in [-0.39, 0.29) is 0 Å². The van der Waals surface area contributed by atoms with Gasteiger partial charge in [-0.3, -0.25) is 0 Å².